The van der Waals surface area contributed by atoms with Crippen molar-refractivity contribution in [2.75, 3.05) is 0 Å². The van der Waals surface area contributed by atoms with E-state index in [0.29, 0.717) is 12.1 Å². The Hall–Kier alpha value is -0.830. The molecule has 1 aromatic rings. The van der Waals surface area contributed by atoms with E-state index in [9.17, 15) is 0 Å². The minimum Gasteiger partial charge on any atom is -0.308 e. The lowest BCUT2D eigenvalue weighted by molar-refractivity contribution is 0.279. The van der Waals surface area contributed by atoms with E-state index in [2.05, 4.69) is 29.2 Å². The molecule has 0 saturated heterocycles. The first-order valence-electron chi connectivity index (χ1n) is 8.60. The second-order valence-corrected chi connectivity index (χ2v) is 6.79. The molecule has 1 N–H and O–H groups in total. The monoisotopic (exact) mass is 275 g/mol. The second kappa shape index (κ2) is 6.75. The van der Waals surface area contributed by atoms with Gasteiger partial charge in [-0.25, -0.2) is 0 Å². The molecule has 1 atom stereocenters. The molecular weight excluding hydrogens is 246 g/mol. The summed E-state index contributed by atoms with van der Waals surface area (Å²) in [5.41, 5.74) is 1.21. The molecule has 2 saturated carbocycles. The molecule has 0 spiro atoms. The van der Waals surface area contributed by atoms with Gasteiger partial charge in [0.05, 0.1) is 11.7 Å². The van der Waals surface area contributed by atoms with Gasteiger partial charge in [0, 0.05) is 18.8 Å². The third kappa shape index (κ3) is 3.43. The standard InChI is InChI=1S/C17H29N3/c1-14(15-7-3-2-4-8-15)18-13-16-11-12-20(19-16)17-9-5-6-10-17/h11-12,14-15,17-18H,2-10,13H2,1H3. The van der Waals surface area contributed by atoms with E-state index in [0.717, 1.165) is 12.5 Å². The Morgan fingerprint density at radius 2 is 1.85 bits per heavy atom. The third-order valence-electron chi connectivity index (χ3n) is 5.32. The van der Waals surface area contributed by atoms with Crippen LogP contribution >= 0.6 is 0 Å². The molecule has 1 aromatic heterocycles. The maximum Gasteiger partial charge on any atom is 0.0762 e. The lowest BCUT2D eigenvalue weighted by Crippen LogP contribution is -2.34. The van der Waals surface area contributed by atoms with Crippen molar-refractivity contribution in [1.29, 1.82) is 0 Å². The normalized spacial score (nSPS) is 23.2. The Kier molecular flexibility index (Phi) is 4.77. The van der Waals surface area contributed by atoms with Crippen molar-refractivity contribution in [1.82, 2.24) is 15.1 Å². The molecule has 1 unspecified atom stereocenters. The highest BCUT2D eigenvalue weighted by Crippen LogP contribution is 2.29. The summed E-state index contributed by atoms with van der Waals surface area (Å²) in [6.45, 7) is 3.28. The number of hydrogen-bond acceptors (Lipinski definition) is 2. The molecule has 3 nitrogen and oxygen atoms in total. The van der Waals surface area contributed by atoms with Crippen molar-refractivity contribution in [3.05, 3.63) is 18.0 Å². The number of rotatable bonds is 5. The predicted octanol–water partition coefficient (Wildman–Crippen LogP) is 4.06. The average molecular weight is 275 g/mol. The number of hydrogen-bond donors (Lipinski definition) is 1. The molecule has 3 heteroatoms. The van der Waals surface area contributed by atoms with E-state index in [1.165, 1.54) is 63.5 Å². The van der Waals surface area contributed by atoms with Gasteiger partial charge in [0.1, 0.15) is 0 Å². The van der Waals surface area contributed by atoms with E-state index >= 15 is 0 Å². The molecule has 0 amide bonds. The van der Waals surface area contributed by atoms with E-state index in [4.69, 9.17) is 5.10 Å². The summed E-state index contributed by atoms with van der Waals surface area (Å²) in [6.07, 6.45) is 14.6. The minimum absolute atomic E-state index is 0.631. The molecule has 2 aliphatic rings. The molecule has 0 radical (unpaired) electrons. The lowest BCUT2D eigenvalue weighted by atomic mass is 9.84. The molecule has 20 heavy (non-hydrogen) atoms. The summed E-state index contributed by atoms with van der Waals surface area (Å²) in [7, 11) is 0. The Bertz CT molecular complexity index is 400. The Balaban J connectivity index is 1.47. The highest BCUT2D eigenvalue weighted by molar-refractivity contribution is 5.00. The Morgan fingerprint density at radius 3 is 2.60 bits per heavy atom. The van der Waals surface area contributed by atoms with Gasteiger partial charge in [-0.3, -0.25) is 4.68 Å². The van der Waals surface area contributed by atoms with Crippen molar-refractivity contribution in [3.63, 3.8) is 0 Å². The fourth-order valence-electron chi connectivity index (χ4n) is 3.91. The van der Waals surface area contributed by atoms with Crippen LogP contribution < -0.4 is 5.32 Å². The van der Waals surface area contributed by atoms with Crippen LogP contribution in [0.25, 0.3) is 0 Å². The van der Waals surface area contributed by atoms with E-state index in [1.54, 1.807) is 0 Å². The van der Waals surface area contributed by atoms with Crippen LogP contribution in [0, 0.1) is 5.92 Å². The number of nitrogens with zero attached hydrogens (tertiary/aromatic N) is 2. The predicted molar refractivity (Wildman–Crippen MR) is 82.6 cm³/mol. The van der Waals surface area contributed by atoms with Crippen LogP contribution in [0.2, 0.25) is 0 Å². The summed E-state index contributed by atoms with van der Waals surface area (Å²) in [6, 6.07) is 3.49. The van der Waals surface area contributed by atoms with Crippen LogP contribution in [0.5, 0.6) is 0 Å². The first-order valence-corrected chi connectivity index (χ1v) is 8.60. The maximum absolute atomic E-state index is 4.76. The second-order valence-electron chi connectivity index (χ2n) is 6.79. The Labute approximate surface area is 123 Å². The third-order valence-corrected chi connectivity index (χ3v) is 5.32. The molecule has 2 aliphatic carbocycles. The van der Waals surface area contributed by atoms with Crippen LogP contribution in [-0.4, -0.2) is 15.8 Å². The van der Waals surface area contributed by atoms with Crippen LogP contribution in [0.3, 0.4) is 0 Å². The van der Waals surface area contributed by atoms with Crippen LogP contribution in [0.1, 0.15) is 76.4 Å². The van der Waals surface area contributed by atoms with Crippen molar-refractivity contribution in [2.24, 2.45) is 5.92 Å². The molecule has 1 heterocycles. The fraction of sp³-hybridized carbons (Fsp3) is 0.824. The van der Waals surface area contributed by atoms with Gasteiger partial charge in [-0.15, -0.1) is 0 Å². The number of nitrogens with one attached hydrogen (secondary N) is 1. The van der Waals surface area contributed by atoms with E-state index in [1.807, 2.05) is 0 Å². The molecule has 0 aliphatic heterocycles. The first-order chi connectivity index (χ1) is 9.83. The van der Waals surface area contributed by atoms with Crippen LogP contribution in [-0.2, 0) is 6.54 Å². The van der Waals surface area contributed by atoms with E-state index < -0.39 is 0 Å². The largest absolute Gasteiger partial charge is 0.308 e. The summed E-state index contributed by atoms with van der Waals surface area (Å²) in [5.74, 6) is 0.876. The van der Waals surface area contributed by atoms with Crippen LogP contribution in [0.4, 0.5) is 0 Å². The quantitative estimate of drug-likeness (QED) is 0.878. The topological polar surface area (TPSA) is 29.9 Å². The van der Waals surface area contributed by atoms with Gasteiger partial charge in [-0.1, -0.05) is 32.1 Å². The Morgan fingerprint density at radius 1 is 1.15 bits per heavy atom. The van der Waals surface area contributed by atoms with Crippen molar-refractivity contribution in [3.8, 4) is 0 Å². The summed E-state index contributed by atoms with van der Waals surface area (Å²) >= 11 is 0. The van der Waals surface area contributed by atoms with Crippen molar-refractivity contribution in [2.45, 2.75) is 83.3 Å². The molecule has 0 bridgehead atoms. The zero-order valence-electron chi connectivity index (χ0n) is 12.9. The van der Waals surface area contributed by atoms with Gasteiger partial charge in [-0.05, 0) is 44.6 Å². The number of aromatic nitrogens is 2. The lowest BCUT2D eigenvalue weighted by Gasteiger charge is -2.28. The molecule has 0 aromatic carbocycles. The fourth-order valence-corrected chi connectivity index (χ4v) is 3.91. The van der Waals surface area contributed by atoms with Crippen molar-refractivity contribution >= 4 is 0 Å². The average Bonchev–Trinajstić information content (AvgIpc) is 3.16. The first kappa shape index (κ1) is 14.1. The summed E-state index contributed by atoms with van der Waals surface area (Å²) in [4.78, 5) is 0. The highest BCUT2D eigenvalue weighted by atomic mass is 15.3. The molecule has 3 rings (SSSR count). The molecule has 2 fully saturated rings. The highest BCUT2D eigenvalue weighted by Gasteiger charge is 2.20. The summed E-state index contributed by atoms with van der Waals surface area (Å²) in [5, 5.41) is 8.46. The zero-order chi connectivity index (χ0) is 13.8. The van der Waals surface area contributed by atoms with Gasteiger partial charge in [0.25, 0.3) is 0 Å². The van der Waals surface area contributed by atoms with Gasteiger partial charge in [0.15, 0.2) is 0 Å². The van der Waals surface area contributed by atoms with Gasteiger partial charge in [0.2, 0.25) is 0 Å². The molecular formula is C17H29N3. The molecule has 112 valence electrons. The van der Waals surface area contributed by atoms with Gasteiger partial charge in [-0.2, -0.15) is 5.10 Å². The summed E-state index contributed by atoms with van der Waals surface area (Å²) < 4.78 is 2.20. The zero-order valence-corrected chi connectivity index (χ0v) is 12.9. The van der Waals surface area contributed by atoms with Gasteiger partial charge >= 0.3 is 0 Å². The van der Waals surface area contributed by atoms with Crippen LogP contribution in [0.15, 0.2) is 12.3 Å². The minimum atomic E-state index is 0.631. The van der Waals surface area contributed by atoms with E-state index in [-0.39, 0.29) is 0 Å². The maximum atomic E-state index is 4.76. The van der Waals surface area contributed by atoms with Crippen molar-refractivity contribution < 1.29 is 0 Å². The smallest absolute Gasteiger partial charge is 0.0762 e. The SMILES string of the molecule is CC(NCc1ccn(C2CCCC2)n1)C1CCCCC1. The van der Waals surface area contributed by atoms with Gasteiger partial charge < -0.3 is 5.32 Å².